The molecule has 0 amide bonds. The highest BCUT2D eigenvalue weighted by molar-refractivity contribution is 5.23. The molecule has 90 valence electrons. The molecule has 2 aromatic rings. The van der Waals surface area contributed by atoms with E-state index in [1.54, 1.807) is 0 Å². The molecule has 0 saturated heterocycles. The minimum absolute atomic E-state index is 0.361. The standard InChI is InChI=1S/C14H19N3/c1-11-5-4-6-12(7-11)9-17-10-16-8-13(17)14(2,3)15/h4-8,10H,9,15H2,1-3H3. The van der Waals surface area contributed by atoms with Gasteiger partial charge >= 0.3 is 0 Å². The van der Waals surface area contributed by atoms with E-state index in [1.807, 2.05) is 26.4 Å². The van der Waals surface area contributed by atoms with Gasteiger partial charge in [-0.2, -0.15) is 0 Å². The van der Waals surface area contributed by atoms with Gasteiger partial charge in [0.1, 0.15) is 0 Å². The smallest absolute Gasteiger partial charge is 0.0951 e. The molecule has 0 bridgehead atoms. The van der Waals surface area contributed by atoms with Gasteiger partial charge in [-0.1, -0.05) is 29.8 Å². The van der Waals surface area contributed by atoms with Gasteiger partial charge in [-0.3, -0.25) is 0 Å². The van der Waals surface area contributed by atoms with Crippen molar-refractivity contribution < 1.29 is 0 Å². The molecule has 0 atom stereocenters. The van der Waals surface area contributed by atoms with Crippen molar-refractivity contribution in [2.75, 3.05) is 0 Å². The predicted octanol–water partition coefficient (Wildman–Crippen LogP) is 2.43. The summed E-state index contributed by atoms with van der Waals surface area (Å²) in [7, 11) is 0. The molecule has 2 rings (SSSR count). The first-order valence-electron chi connectivity index (χ1n) is 5.82. The van der Waals surface area contributed by atoms with Crippen LogP contribution < -0.4 is 5.73 Å². The lowest BCUT2D eigenvalue weighted by atomic mass is 10.0. The van der Waals surface area contributed by atoms with Gasteiger partial charge in [0, 0.05) is 12.7 Å². The Balaban J connectivity index is 2.28. The average Bonchev–Trinajstić information content (AvgIpc) is 2.65. The summed E-state index contributed by atoms with van der Waals surface area (Å²) in [5.74, 6) is 0. The Morgan fingerprint density at radius 2 is 2.12 bits per heavy atom. The van der Waals surface area contributed by atoms with Gasteiger partial charge in [-0.25, -0.2) is 4.98 Å². The number of imidazole rings is 1. The zero-order chi connectivity index (χ0) is 12.5. The Morgan fingerprint density at radius 1 is 1.35 bits per heavy atom. The van der Waals surface area contributed by atoms with Crippen molar-refractivity contribution in [1.82, 2.24) is 9.55 Å². The van der Waals surface area contributed by atoms with E-state index in [0.29, 0.717) is 0 Å². The quantitative estimate of drug-likeness (QED) is 0.878. The topological polar surface area (TPSA) is 43.8 Å². The van der Waals surface area contributed by atoms with Gasteiger partial charge in [0.15, 0.2) is 0 Å². The first kappa shape index (κ1) is 11.9. The maximum absolute atomic E-state index is 6.12. The maximum atomic E-state index is 6.12. The number of aromatic nitrogens is 2. The fourth-order valence-electron chi connectivity index (χ4n) is 1.99. The second-order valence-electron chi connectivity index (χ2n) is 5.12. The van der Waals surface area contributed by atoms with Crippen molar-refractivity contribution in [3.05, 3.63) is 53.6 Å². The third-order valence-electron chi connectivity index (χ3n) is 2.81. The molecule has 2 N–H and O–H groups in total. The van der Waals surface area contributed by atoms with Crippen LogP contribution in [0.5, 0.6) is 0 Å². The summed E-state index contributed by atoms with van der Waals surface area (Å²) >= 11 is 0. The molecular weight excluding hydrogens is 210 g/mol. The van der Waals surface area contributed by atoms with Gasteiger partial charge in [-0.15, -0.1) is 0 Å². The van der Waals surface area contributed by atoms with Crippen LogP contribution in [-0.4, -0.2) is 9.55 Å². The molecular formula is C14H19N3. The molecule has 3 heteroatoms. The zero-order valence-corrected chi connectivity index (χ0v) is 10.6. The van der Waals surface area contributed by atoms with Gasteiger partial charge < -0.3 is 10.3 Å². The van der Waals surface area contributed by atoms with Crippen LogP contribution in [0.3, 0.4) is 0 Å². The zero-order valence-electron chi connectivity index (χ0n) is 10.6. The van der Waals surface area contributed by atoms with E-state index in [0.717, 1.165) is 12.2 Å². The number of aryl methyl sites for hydroxylation is 1. The van der Waals surface area contributed by atoms with Crippen LogP contribution in [-0.2, 0) is 12.1 Å². The normalized spacial score (nSPS) is 11.8. The lowest BCUT2D eigenvalue weighted by Crippen LogP contribution is -2.31. The molecule has 0 aliphatic carbocycles. The van der Waals surface area contributed by atoms with Gasteiger partial charge in [0.25, 0.3) is 0 Å². The SMILES string of the molecule is Cc1cccc(Cn2cncc2C(C)(C)N)c1. The summed E-state index contributed by atoms with van der Waals surface area (Å²) in [6.07, 6.45) is 3.68. The van der Waals surface area contributed by atoms with Gasteiger partial charge in [0.2, 0.25) is 0 Å². The van der Waals surface area contributed by atoms with E-state index in [-0.39, 0.29) is 5.54 Å². The monoisotopic (exact) mass is 229 g/mol. The minimum atomic E-state index is -0.361. The Morgan fingerprint density at radius 3 is 2.76 bits per heavy atom. The minimum Gasteiger partial charge on any atom is -0.328 e. The molecule has 0 aliphatic rings. The largest absolute Gasteiger partial charge is 0.328 e. The maximum Gasteiger partial charge on any atom is 0.0951 e. The van der Waals surface area contributed by atoms with E-state index in [2.05, 4.69) is 40.7 Å². The molecule has 0 radical (unpaired) electrons. The molecule has 0 unspecified atom stereocenters. The van der Waals surface area contributed by atoms with Crippen molar-refractivity contribution >= 4 is 0 Å². The van der Waals surface area contributed by atoms with Crippen LogP contribution in [0.25, 0.3) is 0 Å². The number of hydrogen-bond acceptors (Lipinski definition) is 2. The summed E-state index contributed by atoms with van der Waals surface area (Å²) in [4.78, 5) is 4.19. The summed E-state index contributed by atoms with van der Waals surface area (Å²) in [5, 5.41) is 0. The molecule has 0 saturated carbocycles. The lowest BCUT2D eigenvalue weighted by Gasteiger charge is -2.20. The van der Waals surface area contributed by atoms with Crippen molar-refractivity contribution in [3.8, 4) is 0 Å². The first-order chi connectivity index (χ1) is 7.97. The second kappa shape index (κ2) is 4.34. The van der Waals surface area contributed by atoms with Gasteiger partial charge in [-0.05, 0) is 26.3 Å². The van der Waals surface area contributed by atoms with Crippen LogP contribution >= 0.6 is 0 Å². The summed E-state index contributed by atoms with van der Waals surface area (Å²) in [6.45, 7) is 6.91. The third kappa shape index (κ3) is 2.74. The molecule has 1 heterocycles. The number of rotatable bonds is 3. The fourth-order valence-corrected chi connectivity index (χ4v) is 1.99. The number of nitrogens with zero attached hydrogens (tertiary/aromatic N) is 2. The van der Waals surface area contributed by atoms with Crippen molar-refractivity contribution in [2.24, 2.45) is 5.73 Å². The number of nitrogens with two attached hydrogens (primary N) is 1. The van der Waals surface area contributed by atoms with Crippen LogP contribution in [0, 0.1) is 6.92 Å². The van der Waals surface area contributed by atoms with Gasteiger partial charge in [0.05, 0.1) is 17.6 Å². The van der Waals surface area contributed by atoms with E-state index in [4.69, 9.17) is 5.73 Å². The molecule has 17 heavy (non-hydrogen) atoms. The summed E-state index contributed by atoms with van der Waals surface area (Å²) < 4.78 is 2.11. The molecule has 0 fully saturated rings. The second-order valence-corrected chi connectivity index (χ2v) is 5.12. The molecule has 0 aliphatic heterocycles. The van der Waals surface area contributed by atoms with Crippen LogP contribution in [0.1, 0.15) is 30.7 Å². The van der Waals surface area contributed by atoms with Crippen molar-refractivity contribution in [2.45, 2.75) is 32.9 Å². The van der Waals surface area contributed by atoms with E-state index >= 15 is 0 Å². The van der Waals surface area contributed by atoms with Crippen LogP contribution in [0.2, 0.25) is 0 Å². The molecule has 1 aromatic heterocycles. The highest BCUT2D eigenvalue weighted by Crippen LogP contribution is 2.17. The Kier molecular flexibility index (Phi) is 3.03. The lowest BCUT2D eigenvalue weighted by molar-refractivity contribution is 0.503. The number of hydrogen-bond donors (Lipinski definition) is 1. The van der Waals surface area contributed by atoms with Crippen LogP contribution in [0.4, 0.5) is 0 Å². The molecule has 3 nitrogen and oxygen atoms in total. The fraction of sp³-hybridized carbons (Fsp3) is 0.357. The number of benzene rings is 1. The highest BCUT2D eigenvalue weighted by atomic mass is 15.1. The van der Waals surface area contributed by atoms with Crippen LogP contribution in [0.15, 0.2) is 36.8 Å². The first-order valence-corrected chi connectivity index (χ1v) is 5.82. The summed E-state index contributed by atoms with van der Waals surface area (Å²) in [6, 6.07) is 8.49. The molecule has 1 aromatic carbocycles. The van der Waals surface area contributed by atoms with E-state index in [9.17, 15) is 0 Å². The Bertz CT molecular complexity index is 506. The Labute approximate surface area is 102 Å². The van der Waals surface area contributed by atoms with Crippen molar-refractivity contribution in [1.29, 1.82) is 0 Å². The van der Waals surface area contributed by atoms with E-state index < -0.39 is 0 Å². The highest BCUT2D eigenvalue weighted by Gasteiger charge is 2.18. The average molecular weight is 229 g/mol. The predicted molar refractivity (Wildman–Crippen MR) is 69.7 cm³/mol. The van der Waals surface area contributed by atoms with E-state index in [1.165, 1.54) is 11.1 Å². The Hall–Kier alpha value is -1.61. The summed E-state index contributed by atoms with van der Waals surface area (Å²) in [5.41, 5.74) is 9.36. The van der Waals surface area contributed by atoms with Crippen molar-refractivity contribution in [3.63, 3.8) is 0 Å². The third-order valence-corrected chi connectivity index (χ3v) is 2.81. The molecule has 0 spiro atoms.